The molecule has 1 unspecified atom stereocenters. The molecule has 0 fully saturated rings. The predicted octanol–water partition coefficient (Wildman–Crippen LogP) is 3.66. The molecule has 4 nitrogen and oxygen atoms in total. The lowest BCUT2D eigenvalue weighted by Gasteiger charge is -2.15. The molecule has 1 amide bonds. The zero-order chi connectivity index (χ0) is 16.5. The van der Waals surface area contributed by atoms with Gasteiger partial charge in [0.1, 0.15) is 5.25 Å². The lowest BCUT2D eigenvalue weighted by atomic mass is 10.2. The van der Waals surface area contributed by atoms with Gasteiger partial charge in [0.15, 0.2) is 0 Å². The summed E-state index contributed by atoms with van der Waals surface area (Å²) in [4.78, 5) is 11.8. The van der Waals surface area contributed by atoms with Gasteiger partial charge in [0.05, 0.1) is 13.2 Å². The minimum absolute atomic E-state index is 0.205. The standard InChI is InChI=1S/C17H18ClNO3S/c18-15-9-5-4-8-14(15)12-23-16(17(20)19-21)11-22-10-13-6-2-1-3-7-13/h1-9,16,21H,10-12H2,(H,19,20). The second-order valence-corrected chi connectivity index (χ2v) is 6.47. The summed E-state index contributed by atoms with van der Waals surface area (Å²) in [5.74, 6) is 0.0852. The Bertz CT molecular complexity index is 624. The second kappa shape index (κ2) is 9.57. The first-order valence-electron chi connectivity index (χ1n) is 7.11. The molecule has 0 saturated heterocycles. The van der Waals surface area contributed by atoms with Crippen molar-refractivity contribution >= 4 is 29.3 Å². The van der Waals surface area contributed by atoms with Crippen molar-refractivity contribution in [2.75, 3.05) is 6.61 Å². The van der Waals surface area contributed by atoms with E-state index >= 15 is 0 Å². The molecule has 0 aliphatic heterocycles. The van der Waals surface area contributed by atoms with Crippen LogP contribution in [0.15, 0.2) is 54.6 Å². The van der Waals surface area contributed by atoms with Gasteiger partial charge in [-0.1, -0.05) is 60.1 Å². The molecule has 0 saturated carbocycles. The maximum absolute atomic E-state index is 11.8. The van der Waals surface area contributed by atoms with Crippen molar-refractivity contribution in [2.45, 2.75) is 17.6 Å². The van der Waals surface area contributed by atoms with Crippen LogP contribution < -0.4 is 5.48 Å². The second-order valence-electron chi connectivity index (χ2n) is 4.87. The summed E-state index contributed by atoms with van der Waals surface area (Å²) in [6, 6.07) is 17.2. The van der Waals surface area contributed by atoms with Gasteiger partial charge in [-0.3, -0.25) is 10.0 Å². The highest BCUT2D eigenvalue weighted by Gasteiger charge is 2.19. The Labute approximate surface area is 144 Å². The average molecular weight is 352 g/mol. The van der Waals surface area contributed by atoms with E-state index in [0.717, 1.165) is 11.1 Å². The third kappa shape index (κ3) is 5.88. The summed E-state index contributed by atoms with van der Waals surface area (Å²) in [5, 5.41) is 9.03. The largest absolute Gasteiger partial charge is 0.375 e. The summed E-state index contributed by atoms with van der Waals surface area (Å²) in [6.45, 7) is 0.624. The van der Waals surface area contributed by atoms with Crippen LogP contribution in [0, 0.1) is 0 Å². The minimum Gasteiger partial charge on any atom is -0.375 e. The van der Waals surface area contributed by atoms with Gasteiger partial charge in [0, 0.05) is 10.8 Å². The van der Waals surface area contributed by atoms with Crippen LogP contribution in [-0.4, -0.2) is 23.0 Å². The van der Waals surface area contributed by atoms with Crippen molar-refractivity contribution in [3.05, 3.63) is 70.7 Å². The van der Waals surface area contributed by atoms with Crippen LogP contribution in [0.4, 0.5) is 0 Å². The zero-order valence-electron chi connectivity index (χ0n) is 12.4. The van der Waals surface area contributed by atoms with E-state index in [1.807, 2.05) is 54.6 Å². The van der Waals surface area contributed by atoms with E-state index < -0.39 is 11.2 Å². The SMILES string of the molecule is O=C(NO)C(COCc1ccccc1)SCc1ccccc1Cl. The lowest BCUT2D eigenvalue weighted by Crippen LogP contribution is -2.33. The van der Waals surface area contributed by atoms with Gasteiger partial charge in [-0.2, -0.15) is 0 Å². The summed E-state index contributed by atoms with van der Waals surface area (Å²) >= 11 is 7.49. The molecule has 0 bridgehead atoms. The molecule has 0 radical (unpaired) electrons. The Morgan fingerprint density at radius 1 is 1.17 bits per heavy atom. The van der Waals surface area contributed by atoms with Crippen molar-refractivity contribution in [2.24, 2.45) is 0 Å². The van der Waals surface area contributed by atoms with Crippen LogP contribution in [-0.2, 0) is 21.9 Å². The zero-order valence-corrected chi connectivity index (χ0v) is 14.0. The highest BCUT2D eigenvalue weighted by atomic mass is 35.5. The Hall–Kier alpha value is -1.53. The molecule has 0 spiro atoms. The molecule has 23 heavy (non-hydrogen) atoms. The Balaban J connectivity index is 1.87. The number of rotatable bonds is 8. The van der Waals surface area contributed by atoms with Gasteiger partial charge < -0.3 is 4.74 Å². The van der Waals surface area contributed by atoms with Gasteiger partial charge in [-0.15, -0.1) is 11.8 Å². The Morgan fingerprint density at radius 2 is 1.87 bits per heavy atom. The first-order valence-corrected chi connectivity index (χ1v) is 8.54. The molecular weight excluding hydrogens is 334 g/mol. The first kappa shape index (κ1) is 17.8. The van der Waals surface area contributed by atoms with Crippen molar-refractivity contribution in [3.63, 3.8) is 0 Å². The number of hydrogen-bond acceptors (Lipinski definition) is 4. The quantitative estimate of drug-likeness (QED) is 0.563. The third-order valence-electron chi connectivity index (χ3n) is 3.18. The van der Waals surface area contributed by atoms with Crippen molar-refractivity contribution in [1.82, 2.24) is 5.48 Å². The predicted molar refractivity (Wildman–Crippen MR) is 92.6 cm³/mol. The molecular formula is C17H18ClNO3S. The van der Waals surface area contributed by atoms with Crippen LogP contribution in [0.1, 0.15) is 11.1 Å². The van der Waals surface area contributed by atoms with Gasteiger partial charge in [-0.25, -0.2) is 5.48 Å². The summed E-state index contributed by atoms with van der Waals surface area (Å²) < 4.78 is 5.60. The normalized spacial score (nSPS) is 11.9. The number of ether oxygens (including phenoxy) is 1. The highest BCUT2D eigenvalue weighted by Crippen LogP contribution is 2.24. The maximum atomic E-state index is 11.8. The molecule has 122 valence electrons. The average Bonchev–Trinajstić information content (AvgIpc) is 2.59. The monoisotopic (exact) mass is 351 g/mol. The smallest absolute Gasteiger partial charge is 0.258 e. The fourth-order valence-electron chi connectivity index (χ4n) is 1.94. The Morgan fingerprint density at radius 3 is 2.57 bits per heavy atom. The number of halogens is 1. The van der Waals surface area contributed by atoms with Crippen LogP contribution in [0.2, 0.25) is 5.02 Å². The van der Waals surface area contributed by atoms with Crippen LogP contribution in [0.5, 0.6) is 0 Å². The molecule has 2 aromatic carbocycles. The first-order chi connectivity index (χ1) is 11.2. The highest BCUT2D eigenvalue weighted by molar-refractivity contribution is 7.99. The number of carbonyl (C=O) groups is 1. The van der Waals surface area contributed by atoms with Crippen molar-refractivity contribution in [3.8, 4) is 0 Å². The van der Waals surface area contributed by atoms with E-state index in [-0.39, 0.29) is 6.61 Å². The van der Waals surface area contributed by atoms with Gasteiger partial charge in [0.2, 0.25) is 0 Å². The molecule has 0 heterocycles. The minimum atomic E-state index is -0.514. The van der Waals surface area contributed by atoms with Crippen molar-refractivity contribution < 1.29 is 14.7 Å². The fourth-order valence-corrected chi connectivity index (χ4v) is 3.25. The number of hydrogen-bond donors (Lipinski definition) is 2. The van der Waals surface area contributed by atoms with E-state index in [1.54, 1.807) is 5.48 Å². The molecule has 2 N–H and O–H groups in total. The maximum Gasteiger partial charge on any atom is 0.258 e. The molecule has 0 aromatic heterocycles. The molecule has 0 aliphatic rings. The number of amides is 1. The number of carbonyl (C=O) groups excluding carboxylic acids is 1. The fraction of sp³-hybridized carbons (Fsp3) is 0.235. The van der Waals surface area contributed by atoms with E-state index in [2.05, 4.69) is 0 Å². The van der Waals surface area contributed by atoms with E-state index in [1.165, 1.54) is 11.8 Å². The van der Waals surface area contributed by atoms with Gasteiger partial charge in [0.25, 0.3) is 5.91 Å². The number of hydroxylamine groups is 1. The summed E-state index contributed by atoms with van der Waals surface area (Å²) in [7, 11) is 0. The summed E-state index contributed by atoms with van der Waals surface area (Å²) in [5.41, 5.74) is 3.67. The topological polar surface area (TPSA) is 58.6 Å². The van der Waals surface area contributed by atoms with Gasteiger partial charge >= 0.3 is 0 Å². The van der Waals surface area contributed by atoms with Crippen molar-refractivity contribution in [1.29, 1.82) is 0 Å². The molecule has 0 aliphatic carbocycles. The molecule has 2 aromatic rings. The lowest BCUT2D eigenvalue weighted by molar-refractivity contribution is -0.129. The summed E-state index contributed by atoms with van der Waals surface area (Å²) in [6.07, 6.45) is 0. The van der Waals surface area contributed by atoms with Crippen LogP contribution in [0.25, 0.3) is 0 Å². The van der Waals surface area contributed by atoms with Crippen LogP contribution in [0.3, 0.4) is 0 Å². The third-order valence-corrected chi connectivity index (χ3v) is 4.78. The number of benzene rings is 2. The van der Waals surface area contributed by atoms with Gasteiger partial charge in [-0.05, 0) is 17.2 Å². The molecule has 6 heteroatoms. The molecule has 1 atom stereocenters. The molecule has 2 rings (SSSR count). The Kier molecular flexibility index (Phi) is 7.42. The number of thioether (sulfide) groups is 1. The van der Waals surface area contributed by atoms with E-state index in [0.29, 0.717) is 17.4 Å². The van der Waals surface area contributed by atoms with E-state index in [4.69, 9.17) is 21.5 Å². The number of nitrogens with one attached hydrogen (secondary N) is 1. The van der Waals surface area contributed by atoms with E-state index in [9.17, 15) is 4.79 Å². The van der Waals surface area contributed by atoms with Crippen LogP contribution >= 0.6 is 23.4 Å².